The molecular weight excluding hydrogens is 152 g/mol. The van der Waals surface area contributed by atoms with Gasteiger partial charge < -0.3 is 10.4 Å². The van der Waals surface area contributed by atoms with E-state index in [0.717, 1.165) is 26.1 Å². The largest absolute Gasteiger partial charge is 0.389 e. The Morgan fingerprint density at radius 2 is 2.17 bits per heavy atom. The summed E-state index contributed by atoms with van der Waals surface area (Å²) in [4.78, 5) is 2.24. The highest BCUT2D eigenvalue weighted by Gasteiger charge is 2.27. The number of likely N-dealkylation sites (N-methyl/N-ethyl adjacent to an activating group) is 1. The molecule has 0 aromatic rings. The standard InChI is InChI=1S/C9H20N2O/c1-4-9(2,12)7-11(3)8-5-10-6-8/h8,10,12H,4-7H2,1-3H3. The van der Waals surface area contributed by atoms with E-state index >= 15 is 0 Å². The van der Waals surface area contributed by atoms with Gasteiger partial charge in [-0.05, 0) is 20.4 Å². The van der Waals surface area contributed by atoms with Gasteiger partial charge in [-0.1, -0.05) is 6.92 Å². The minimum absolute atomic E-state index is 0.523. The molecule has 1 aliphatic heterocycles. The van der Waals surface area contributed by atoms with Crippen molar-refractivity contribution in [3.05, 3.63) is 0 Å². The molecule has 1 aliphatic rings. The minimum atomic E-state index is -0.523. The minimum Gasteiger partial charge on any atom is -0.389 e. The molecule has 1 saturated heterocycles. The highest BCUT2D eigenvalue weighted by Crippen LogP contribution is 2.12. The van der Waals surface area contributed by atoms with Crippen LogP contribution >= 0.6 is 0 Å². The van der Waals surface area contributed by atoms with Gasteiger partial charge in [0.1, 0.15) is 0 Å². The molecule has 1 rings (SSSR count). The lowest BCUT2D eigenvalue weighted by molar-refractivity contribution is 0.00515. The Bertz CT molecular complexity index is 143. The van der Waals surface area contributed by atoms with Crippen molar-refractivity contribution in [3.8, 4) is 0 Å². The van der Waals surface area contributed by atoms with Gasteiger partial charge in [-0.25, -0.2) is 0 Å². The highest BCUT2D eigenvalue weighted by atomic mass is 16.3. The monoisotopic (exact) mass is 172 g/mol. The zero-order chi connectivity index (χ0) is 9.19. The van der Waals surface area contributed by atoms with Crippen molar-refractivity contribution in [2.24, 2.45) is 0 Å². The second-order valence-electron chi connectivity index (χ2n) is 4.08. The summed E-state index contributed by atoms with van der Waals surface area (Å²) in [5.41, 5.74) is -0.523. The molecule has 0 bridgehead atoms. The first-order valence-corrected chi connectivity index (χ1v) is 4.68. The van der Waals surface area contributed by atoms with Crippen molar-refractivity contribution in [1.29, 1.82) is 0 Å². The van der Waals surface area contributed by atoms with Crippen molar-refractivity contribution >= 4 is 0 Å². The summed E-state index contributed by atoms with van der Waals surface area (Å²) in [5.74, 6) is 0. The van der Waals surface area contributed by atoms with E-state index in [4.69, 9.17) is 0 Å². The van der Waals surface area contributed by atoms with Crippen LogP contribution in [0.1, 0.15) is 20.3 Å². The van der Waals surface area contributed by atoms with Gasteiger partial charge in [0.05, 0.1) is 5.60 Å². The predicted octanol–water partition coefficient (Wildman–Crippen LogP) is 0.0510. The first-order chi connectivity index (χ1) is 5.55. The van der Waals surface area contributed by atoms with Gasteiger partial charge >= 0.3 is 0 Å². The van der Waals surface area contributed by atoms with Gasteiger partial charge in [-0.3, -0.25) is 4.90 Å². The third-order valence-electron chi connectivity index (χ3n) is 2.73. The van der Waals surface area contributed by atoms with Crippen LogP contribution < -0.4 is 5.32 Å². The first kappa shape index (κ1) is 9.96. The molecule has 2 N–H and O–H groups in total. The van der Waals surface area contributed by atoms with Crippen LogP contribution in [-0.4, -0.2) is 48.3 Å². The molecule has 0 spiro atoms. The van der Waals surface area contributed by atoms with Gasteiger partial charge in [0.25, 0.3) is 0 Å². The topological polar surface area (TPSA) is 35.5 Å². The van der Waals surface area contributed by atoms with Crippen molar-refractivity contribution in [2.75, 3.05) is 26.7 Å². The molecule has 1 fully saturated rings. The molecule has 3 heteroatoms. The maximum atomic E-state index is 9.80. The van der Waals surface area contributed by atoms with Crippen LogP contribution in [0.25, 0.3) is 0 Å². The molecule has 0 saturated carbocycles. The summed E-state index contributed by atoms with van der Waals surface area (Å²) in [5, 5.41) is 13.0. The quantitative estimate of drug-likeness (QED) is 0.629. The highest BCUT2D eigenvalue weighted by molar-refractivity contribution is 4.86. The molecule has 1 heterocycles. The Kier molecular flexibility index (Phi) is 3.09. The van der Waals surface area contributed by atoms with E-state index in [9.17, 15) is 5.11 Å². The normalized spacial score (nSPS) is 23.8. The van der Waals surface area contributed by atoms with Gasteiger partial charge in [0, 0.05) is 25.7 Å². The van der Waals surface area contributed by atoms with Gasteiger partial charge in [0.15, 0.2) is 0 Å². The van der Waals surface area contributed by atoms with Crippen LogP contribution in [0.15, 0.2) is 0 Å². The predicted molar refractivity (Wildman–Crippen MR) is 50.2 cm³/mol. The lowest BCUT2D eigenvalue weighted by atomic mass is 10.0. The first-order valence-electron chi connectivity index (χ1n) is 4.68. The Morgan fingerprint density at radius 1 is 1.58 bits per heavy atom. The maximum absolute atomic E-state index is 9.80. The third kappa shape index (κ3) is 2.44. The van der Waals surface area contributed by atoms with Gasteiger partial charge in [-0.2, -0.15) is 0 Å². The summed E-state index contributed by atoms with van der Waals surface area (Å²) in [6, 6.07) is 0.628. The molecule has 0 aromatic heterocycles. The van der Waals surface area contributed by atoms with E-state index in [2.05, 4.69) is 17.3 Å². The Hall–Kier alpha value is -0.120. The third-order valence-corrected chi connectivity index (χ3v) is 2.73. The fraction of sp³-hybridized carbons (Fsp3) is 1.00. The molecule has 0 aliphatic carbocycles. The molecule has 0 aromatic carbocycles. The summed E-state index contributed by atoms with van der Waals surface area (Å²) in [6.07, 6.45) is 0.817. The lowest BCUT2D eigenvalue weighted by Crippen LogP contribution is -2.58. The summed E-state index contributed by atoms with van der Waals surface area (Å²) >= 11 is 0. The molecule has 0 radical (unpaired) electrons. The number of nitrogens with zero attached hydrogens (tertiary/aromatic N) is 1. The summed E-state index contributed by atoms with van der Waals surface area (Å²) in [6.45, 7) is 6.82. The second-order valence-corrected chi connectivity index (χ2v) is 4.08. The fourth-order valence-corrected chi connectivity index (χ4v) is 1.36. The van der Waals surface area contributed by atoms with Crippen molar-refractivity contribution < 1.29 is 5.11 Å². The van der Waals surface area contributed by atoms with E-state index in [1.54, 1.807) is 0 Å². The smallest absolute Gasteiger partial charge is 0.0743 e. The SMILES string of the molecule is CCC(C)(O)CN(C)C1CNC1. The fourth-order valence-electron chi connectivity index (χ4n) is 1.36. The van der Waals surface area contributed by atoms with Crippen LogP contribution in [-0.2, 0) is 0 Å². The molecule has 12 heavy (non-hydrogen) atoms. The average molecular weight is 172 g/mol. The Labute approximate surface area is 74.8 Å². The van der Waals surface area contributed by atoms with Gasteiger partial charge in [0.2, 0.25) is 0 Å². The van der Waals surface area contributed by atoms with Crippen LogP contribution in [0.2, 0.25) is 0 Å². The van der Waals surface area contributed by atoms with Crippen molar-refractivity contribution in [1.82, 2.24) is 10.2 Å². The Balaban J connectivity index is 2.28. The second kappa shape index (κ2) is 3.73. The summed E-state index contributed by atoms with van der Waals surface area (Å²) in [7, 11) is 2.08. The van der Waals surface area contributed by atoms with Crippen LogP contribution in [0.5, 0.6) is 0 Å². The molecule has 3 nitrogen and oxygen atoms in total. The zero-order valence-corrected chi connectivity index (χ0v) is 8.30. The van der Waals surface area contributed by atoms with E-state index in [1.807, 2.05) is 13.8 Å². The molecule has 1 atom stereocenters. The van der Waals surface area contributed by atoms with Crippen molar-refractivity contribution in [3.63, 3.8) is 0 Å². The number of rotatable bonds is 4. The van der Waals surface area contributed by atoms with Crippen LogP contribution in [0, 0.1) is 0 Å². The van der Waals surface area contributed by atoms with Crippen molar-refractivity contribution in [2.45, 2.75) is 31.9 Å². The van der Waals surface area contributed by atoms with Crippen LogP contribution in [0.3, 0.4) is 0 Å². The molecule has 0 amide bonds. The van der Waals surface area contributed by atoms with E-state index in [-0.39, 0.29) is 0 Å². The number of hydrogen-bond acceptors (Lipinski definition) is 3. The zero-order valence-electron chi connectivity index (χ0n) is 8.30. The average Bonchev–Trinajstić information content (AvgIpc) is 1.82. The molecule has 72 valence electrons. The number of nitrogens with one attached hydrogen (secondary N) is 1. The lowest BCUT2D eigenvalue weighted by Gasteiger charge is -2.39. The molecule has 1 unspecified atom stereocenters. The van der Waals surface area contributed by atoms with Gasteiger partial charge in [-0.15, -0.1) is 0 Å². The molecular formula is C9H20N2O. The van der Waals surface area contributed by atoms with E-state index in [1.165, 1.54) is 0 Å². The van der Waals surface area contributed by atoms with E-state index < -0.39 is 5.60 Å². The summed E-state index contributed by atoms with van der Waals surface area (Å²) < 4.78 is 0. The van der Waals surface area contributed by atoms with E-state index in [0.29, 0.717) is 6.04 Å². The van der Waals surface area contributed by atoms with Crippen LogP contribution in [0.4, 0.5) is 0 Å². The number of hydrogen-bond donors (Lipinski definition) is 2. The number of aliphatic hydroxyl groups is 1. The maximum Gasteiger partial charge on any atom is 0.0743 e. The Morgan fingerprint density at radius 3 is 2.50 bits per heavy atom.